The van der Waals surface area contributed by atoms with Gasteiger partial charge in [-0.1, -0.05) is 13.8 Å². The summed E-state index contributed by atoms with van der Waals surface area (Å²) in [6, 6.07) is 5.34. The molecule has 4 aromatic rings. The molecule has 1 fully saturated rings. The number of nitrogens with one attached hydrogen (secondary N) is 1. The van der Waals surface area contributed by atoms with Crippen LogP contribution in [0.1, 0.15) is 44.1 Å². The van der Waals surface area contributed by atoms with E-state index in [1.807, 2.05) is 6.07 Å². The maximum Gasteiger partial charge on any atom is 0.293 e. The molecular formula is C20H22N8O2. The summed E-state index contributed by atoms with van der Waals surface area (Å²) < 4.78 is 4.60. The Hall–Kier alpha value is -3.56. The van der Waals surface area contributed by atoms with Gasteiger partial charge in [-0.15, -0.1) is 10.2 Å². The Balaban J connectivity index is 1.45. The van der Waals surface area contributed by atoms with Gasteiger partial charge in [-0.3, -0.25) is 14.0 Å². The van der Waals surface area contributed by atoms with E-state index >= 15 is 0 Å². The molecule has 1 saturated carbocycles. The van der Waals surface area contributed by atoms with Crippen LogP contribution in [0, 0.1) is 5.92 Å². The van der Waals surface area contributed by atoms with Gasteiger partial charge in [0.05, 0.1) is 11.4 Å². The number of pyridine rings is 1. The Bertz CT molecular complexity index is 1310. The van der Waals surface area contributed by atoms with Crippen molar-refractivity contribution in [1.29, 1.82) is 0 Å². The standard InChI is InChI=1S/C20H22N8O2/c1-12(2)7-18-25-27(20(30)16-8-15(13-3-4-13)24-28(16)18)10-19(29)22-14-5-6-17-23-21-11-26(17)9-14/h5-6,8-9,11-13H,3-4,7,10H2,1-2H3,(H,22,29). The second-order valence-electron chi connectivity index (χ2n) is 8.18. The lowest BCUT2D eigenvalue weighted by Crippen LogP contribution is -2.32. The van der Waals surface area contributed by atoms with Crippen LogP contribution in [0.2, 0.25) is 0 Å². The fourth-order valence-corrected chi connectivity index (χ4v) is 3.52. The Labute approximate surface area is 171 Å². The van der Waals surface area contributed by atoms with E-state index in [1.54, 1.807) is 33.6 Å². The molecule has 1 N–H and O–H groups in total. The van der Waals surface area contributed by atoms with Gasteiger partial charge in [0.1, 0.15) is 18.4 Å². The first-order chi connectivity index (χ1) is 14.5. The molecule has 1 amide bonds. The van der Waals surface area contributed by atoms with Gasteiger partial charge in [0.2, 0.25) is 5.91 Å². The van der Waals surface area contributed by atoms with E-state index in [9.17, 15) is 9.59 Å². The summed E-state index contributed by atoms with van der Waals surface area (Å²) in [5.41, 5.74) is 2.36. The summed E-state index contributed by atoms with van der Waals surface area (Å²) in [6.07, 6.45) is 6.14. The number of amides is 1. The van der Waals surface area contributed by atoms with Crippen LogP contribution in [0.15, 0.2) is 35.5 Å². The van der Waals surface area contributed by atoms with E-state index < -0.39 is 0 Å². The van der Waals surface area contributed by atoms with Crippen molar-refractivity contribution < 1.29 is 4.79 Å². The minimum Gasteiger partial charge on any atom is -0.323 e. The lowest BCUT2D eigenvalue weighted by Gasteiger charge is -2.11. The first kappa shape index (κ1) is 18.5. The predicted octanol–water partition coefficient (Wildman–Crippen LogP) is 1.65. The predicted molar refractivity (Wildman–Crippen MR) is 109 cm³/mol. The molecule has 1 aliphatic rings. The number of hydrogen-bond acceptors (Lipinski definition) is 6. The van der Waals surface area contributed by atoms with Gasteiger partial charge in [-0.05, 0) is 37.0 Å². The number of rotatable bonds is 6. The van der Waals surface area contributed by atoms with Crippen LogP contribution in [0.3, 0.4) is 0 Å². The second kappa shape index (κ2) is 7.05. The minimum absolute atomic E-state index is 0.176. The SMILES string of the molecule is CC(C)Cc1nn(CC(=O)Nc2ccc3nncn3c2)c(=O)c2cc(C3CC3)nn12. The van der Waals surface area contributed by atoms with Crippen molar-refractivity contribution in [3.63, 3.8) is 0 Å². The summed E-state index contributed by atoms with van der Waals surface area (Å²) in [5, 5.41) is 19.7. The van der Waals surface area contributed by atoms with E-state index in [1.165, 1.54) is 4.68 Å². The summed E-state index contributed by atoms with van der Waals surface area (Å²) in [4.78, 5) is 25.6. The highest BCUT2D eigenvalue weighted by molar-refractivity contribution is 5.90. The molecular weight excluding hydrogens is 384 g/mol. The number of hydrogen-bond donors (Lipinski definition) is 1. The highest BCUT2D eigenvalue weighted by atomic mass is 16.2. The molecule has 30 heavy (non-hydrogen) atoms. The average molecular weight is 406 g/mol. The topological polar surface area (TPSA) is 111 Å². The number of nitrogens with zero attached hydrogens (tertiary/aromatic N) is 7. The molecule has 0 aromatic carbocycles. The molecule has 0 saturated heterocycles. The molecule has 5 rings (SSSR count). The summed E-state index contributed by atoms with van der Waals surface area (Å²) >= 11 is 0. The highest BCUT2D eigenvalue weighted by Crippen LogP contribution is 2.39. The van der Waals surface area contributed by atoms with Crippen molar-refractivity contribution in [2.24, 2.45) is 5.92 Å². The molecule has 0 aliphatic heterocycles. The van der Waals surface area contributed by atoms with Crippen LogP contribution in [0.5, 0.6) is 0 Å². The van der Waals surface area contributed by atoms with Crippen molar-refractivity contribution >= 4 is 22.8 Å². The minimum atomic E-state index is -0.334. The summed E-state index contributed by atoms with van der Waals surface area (Å²) in [6.45, 7) is 3.99. The molecule has 1 aliphatic carbocycles. The molecule has 0 bridgehead atoms. The van der Waals surface area contributed by atoms with E-state index in [2.05, 4.69) is 39.6 Å². The molecule has 4 heterocycles. The monoisotopic (exact) mass is 406 g/mol. The molecule has 10 nitrogen and oxygen atoms in total. The van der Waals surface area contributed by atoms with Crippen LogP contribution in [0.4, 0.5) is 5.69 Å². The van der Waals surface area contributed by atoms with Gasteiger partial charge in [-0.2, -0.15) is 10.2 Å². The van der Waals surface area contributed by atoms with Gasteiger partial charge in [0.15, 0.2) is 11.5 Å². The Morgan fingerprint density at radius 2 is 2.10 bits per heavy atom. The van der Waals surface area contributed by atoms with Gasteiger partial charge in [-0.25, -0.2) is 9.20 Å². The van der Waals surface area contributed by atoms with Crippen molar-refractivity contribution in [3.05, 3.63) is 52.6 Å². The largest absolute Gasteiger partial charge is 0.323 e. The van der Waals surface area contributed by atoms with Crippen LogP contribution >= 0.6 is 0 Å². The van der Waals surface area contributed by atoms with E-state index in [0.717, 1.165) is 18.5 Å². The molecule has 154 valence electrons. The van der Waals surface area contributed by atoms with E-state index in [4.69, 9.17) is 0 Å². The van der Waals surface area contributed by atoms with Crippen molar-refractivity contribution in [2.45, 2.75) is 45.6 Å². The third-order valence-electron chi connectivity index (χ3n) is 5.12. The molecule has 0 radical (unpaired) electrons. The molecule has 0 unspecified atom stereocenters. The molecule has 0 atom stereocenters. The Morgan fingerprint density at radius 3 is 2.87 bits per heavy atom. The van der Waals surface area contributed by atoms with Gasteiger partial charge < -0.3 is 5.32 Å². The van der Waals surface area contributed by atoms with Crippen molar-refractivity contribution in [3.8, 4) is 0 Å². The Morgan fingerprint density at radius 1 is 1.27 bits per heavy atom. The maximum absolute atomic E-state index is 13.0. The second-order valence-corrected chi connectivity index (χ2v) is 8.18. The number of fused-ring (bicyclic) bond motifs is 2. The molecule has 4 aromatic heterocycles. The maximum atomic E-state index is 13.0. The smallest absolute Gasteiger partial charge is 0.293 e. The highest BCUT2D eigenvalue weighted by Gasteiger charge is 2.28. The van der Waals surface area contributed by atoms with Crippen LogP contribution < -0.4 is 10.9 Å². The number of anilines is 1. The van der Waals surface area contributed by atoms with Gasteiger partial charge in [0.25, 0.3) is 5.56 Å². The number of aromatic nitrogens is 7. The normalized spacial score (nSPS) is 14.1. The first-order valence-corrected chi connectivity index (χ1v) is 10.1. The van der Waals surface area contributed by atoms with Crippen molar-refractivity contribution in [2.75, 3.05) is 5.32 Å². The van der Waals surface area contributed by atoms with Crippen molar-refractivity contribution in [1.82, 2.24) is 34.0 Å². The fraction of sp³-hybridized carbons (Fsp3) is 0.400. The van der Waals surface area contributed by atoms with Gasteiger partial charge in [0, 0.05) is 18.5 Å². The lowest BCUT2D eigenvalue weighted by atomic mass is 10.1. The van der Waals surface area contributed by atoms with Crippen LogP contribution in [-0.4, -0.2) is 39.9 Å². The van der Waals surface area contributed by atoms with Crippen LogP contribution in [0.25, 0.3) is 11.2 Å². The quantitative estimate of drug-likeness (QED) is 0.521. The average Bonchev–Trinajstić information content (AvgIpc) is 3.27. The summed E-state index contributed by atoms with van der Waals surface area (Å²) in [5.74, 6) is 1.12. The third-order valence-corrected chi connectivity index (χ3v) is 5.12. The zero-order valence-corrected chi connectivity index (χ0v) is 16.8. The van der Waals surface area contributed by atoms with Crippen LogP contribution in [-0.2, 0) is 17.8 Å². The molecule has 10 heteroatoms. The number of carbonyl (C=O) groups excluding carboxylic acids is 1. The first-order valence-electron chi connectivity index (χ1n) is 10.1. The van der Waals surface area contributed by atoms with Gasteiger partial charge >= 0.3 is 0 Å². The van der Waals surface area contributed by atoms with E-state index in [-0.39, 0.29) is 18.0 Å². The van der Waals surface area contributed by atoms with E-state index in [0.29, 0.717) is 40.9 Å². The lowest BCUT2D eigenvalue weighted by molar-refractivity contribution is -0.117. The third kappa shape index (κ3) is 3.44. The Kier molecular flexibility index (Phi) is 4.34. The summed E-state index contributed by atoms with van der Waals surface area (Å²) in [7, 11) is 0. The fourth-order valence-electron chi connectivity index (χ4n) is 3.52. The zero-order chi connectivity index (χ0) is 20.8. The molecule has 0 spiro atoms. The number of carbonyl (C=O) groups is 1. The zero-order valence-electron chi connectivity index (χ0n) is 16.8.